The molecule has 0 spiro atoms. The molecule has 0 saturated heterocycles. The van der Waals surface area contributed by atoms with Crippen LogP contribution in [0, 0.1) is 10.5 Å². The molecule has 1 aromatic heterocycles. The van der Waals surface area contributed by atoms with Gasteiger partial charge in [-0.1, -0.05) is 29.8 Å². The molecular weight excluding hydrogens is 363 g/mol. The summed E-state index contributed by atoms with van der Waals surface area (Å²) < 4.78 is 2.79. The number of aliphatic hydroxyl groups is 1. The average Bonchev–Trinajstić information content (AvgIpc) is 2.73. The molecule has 0 aliphatic rings. The van der Waals surface area contributed by atoms with E-state index in [-0.39, 0.29) is 0 Å². The number of halogens is 2. The van der Waals surface area contributed by atoms with Crippen LogP contribution in [0.25, 0.3) is 0 Å². The molecule has 5 heteroatoms. The van der Waals surface area contributed by atoms with E-state index in [4.69, 9.17) is 11.6 Å². The van der Waals surface area contributed by atoms with Crippen LogP contribution >= 0.6 is 34.2 Å². The number of aromatic nitrogens is 2. The van der Waals surface area contributed by atoms with Crippen LogP contribution in [-0.4, -0.2) is 14.9 Å². The van der Waals surface area contributed by atoms with Gasteiger partial charge in [0.2, 0.25) is 0 Å². The van der Waals surface area contributed by atoms with E-state index in [0.29, 0.717) is 17.3 Å². The van der Waals surface area contributed by atoms with Gasteiger partial charge in [0.05, 0.1) is 16.9 Å². The third-order valence-corrected chi connectivity index (χ3v) is 4.67. The topological polar surface area (TPSA) is 38.0 Å². The normalized spacial score (nSPS) is 12.7. The van der Waals surface area contributed by atoms with Crippen LogP contribution in [0.4, 0.5) is 0 Å². The van der Waals surface area contributed by atoms with Crippen molar-refractivity contribution in [1.82, 2.24) is 9.78 Å². The molecule has 3 nitrogen and oxygen atoms in total. The van der Waals surface area contributed by atoms with Crippen LogP contribution in [0.1, 0.15) is 29.8 Å². The van der Waals surface area contributed by atoms with Crippen molar-refractivity contribution in [3.8, 4) is 0 Å². The third kappa shape index (κ3) is 2.41. The van der Waals surface area contributed by atoms with Crippen LogP contribution in [0.3, 0.4) is 0 Å². The predicted molar refractivity (Wildman–Crippen MR) is 80.9 cm³/mol. The maximum atomic E-state index is 10.5. The molecule has 1 atom stereocenters. The highest BCUT2D eigenvalue weighted by molar-refractivity contribution is 14.1. The van der Waals surface area contributed by atoms with Crippen LogP contribution in [0.15, 0.2) is 24.4 Å². The van der Waals surface area contributed by atoms with Crippen molar-refractivity contribution in [2.75, 3.05) is 0 Å². The fraction of sp³-hybridized carbons (Fsp3) is 0.308. The lowest BCUT2D eigenvalue weighted by molar-refractivity contribution is 0.207. The molecule has 1 N–H and O–H groups in total. The van der Waals surface area contributed by atoms with Gasteiger partial charge in [-0.05, 0) is 42.0 Å². The predicted octanol–water partition coefficient (Wildman–Crippen LogP) is 3.55. The Labute approximate surface area is 125 Å². The molecule has 0 radical (unpaired) electrons. The van der Waals surface area contributed by atoms with Gasteiger partial charge in [0.1, 0.15) is 6.10 Å². The van der Waals surface area contributed by atoms with Gasteiger partial charge in [0.15, 0.2) is 0 Å². The molecule has 1 aromatic carbocycles. The highest BCUT2D eigenvalue weighted by Crippen LogP contribution is 2.31. The second-order valence-electron chi connectivity index (χ2n) is 4.07. The minimum absolute atomic E-state index is 0.502. The Kier molecular flexibility index (Phi) is 4.29. The minimum atomic E-state index is -0.744. The van der Waals surface area contributed by atoms with Gasteiger partial charge in [0, 0.05) is 15.7 Å². The lowest BCUT2D eigenvalue weighted by atomic mass is 10.0. The maximum absolute atomic E-state index is 10.5. The van der Waals surface area contributed by atoms with E-state index < -0.39 is 6.10 Å². The van der Waals surface area contributed by atoms with E-state index in [1.54, 1.807) is 10.9 Å². The highest BCUT2D eigenvalue weighted by Gasteiger charge is 2.21. The van der Waals surface area contributed by atoms with Crippen molar-refractivity contribution in [2.24, 2.45) is 0 Å². The summed E-state index contributed by atoms with van der Waals surface area (Å²) in [5.41, 5.74) is 2.67. The molecule has 0 aliphatic carbocycles. The van der Waals surface area contributed by atoms with Crippen LogP contribution in [-0.2, 0) is 6.54 Å². The summed E-state index contributed by atoms with van der Waals surface area (Å²) in [6, 6.07) is 5.89. The second-order valence-corrected chi connectivity index (χ2v) is 5.56. The van der Waals surface area contributed by atoms with E-state index in [1.165, 1.54) is 0 Å². The molecule has 0 saturated carbocycles. The summed E-state index contributed by atoms with van der Waals surface area (Å²) in [7, 11) is 0. The Morgan fingerprint density at radius 2 is 2.22 bits per heavy atom. The van der Waals surface area contributed by atoms with Crippen molar-refractivity contribution in [2.45, 2.75) is 26.5 Å². The van der Waals surface area contributed by atoms with Gasteiger partial charge in [-0.3, -0.25) is 4.68 Å². The SMILES string of the molecule is CCn1ncc(Cl)c1C(O)c1cccc(C)c1I. The molecule has 2 aromatic rings. The summed E-state index contributed by atoms with van der Waals surface area (Å²) in [6.07, 6.45) is 0.832. The van der Waals surface area contributed by atoms with E-state index >= 15 is 0 Å². The fourth-order valence-corrected chi connectivity index (χ4v) is 2.82. The number of hydrogen-bond acceptors (Lipinski definition) is 2. The average molecular weight is 377 g/mol. The first-order valence-electron chi connectivity index (χ1n) is 5.70. The smallest absolute Gasteiger partial charge is 0.123 e. The zero-order valence-electron chi connectivity index (χ0n) is 10.2. The van der Waals surface area contributed by atoms with E-state index in [9.17, 15) is 5.11 Å². The molecule has 18 heavy (non-hydrogen) atoms. The van der Waals surface area contributed by atoms with E-state index in [0.717, 1.165) is 14.7 Å². The molecule has 0 aliphatic heterocycles. The number of benzene rings is 1. The van der Waals surface area contributed by atoms with Gasteiger partial charge in [-0.15, -0.1) is 0 Å². The molecule has 0 amide bonds. The standard InChI is InChI=1S/C13H14ClIN2O/c1-3-17-12(10(14)7-16-17)13(18)9-6-4-5-8(2)11(9)15/h4-7,13,18H,3H2,1-2H3. The van der Waals surface area contributed by atoms with Crippen molar-refractivity contribution >= 4 is 34.2 Å². The summed E-state index contributed by atoms with van der Waals surface area (Å²) in [5, 5.41) is 15.2. The van der Waals surface area contributed by atoms with E-state index in [2.05, 4.69) is 27.7 Å². The molecule has 0 fully saturated rings. The number of nitrogens with zero attached hydrogens (tertiary/aromatic N) is 2. The summed E-state index contributed by atoms with van der Waals surface area (Å²) >= 11 is 8.36. The fourth-order valence-electron chi connectivity index (χ4n) is 1.92. The number of aryl methyl sites for hydroxylation is 2. The first-order chi connectivity index (χ1) is 8.56. The lowest BCUT2D eigenvalue weighted by Crippen LogP contribution is -2.11. The van der Waals surface area contributed by atoms with Crippen molar-refractivity contribution < 1.29 is 5.11 Å². The summed E-state index contributed by atoms with van der Waals surface area (Å²) in [6.45, 7) is 4.68. The number of aliphatic hydroxyl groups excluding tert-OH is 1. The Balaban J connectivity index is 2.51. The zero-order valence-corrected chi connectivity index (χ0v) is 13.1. The van der Waals surface area contributed by atoms with Gasteiger partial charge in [-0.2, -0.15) is 5.10 Å². The van der Waals surface area contributed by atoms with Crippen molar-refractivity contribution in [1.29, 1.82) is 0 Å². The highest BCUT2D eigenvalue weighted by atomic mass is 127. The Morgan fingerprint density at radius 3 is 2.89 bits per heavy atom. The van der Waals surface area contributed by atoms with Crippen LogP contribution < -0.4 is 0 Å². The number of hydrogen-bond donors (Lipinski definition) is 1. The monoisotopic (exact) mass is 376 g/mol. The molecule has 1 heterocycles. The Morgan fingerprint density at radius 1 is 1.50 bits per heavy atom. The maximum Gasteiger partial charge on any atom is 0.123 e. The second kappa shape index (κ2) is 5.59. The molecule has 96 valence electrons. The molecule has 2 rings (SSSR count). The van der Waals surface area contributed by atoms with Gasteiger partial charge < -0.3 is 5.11 Å². The largest absolute Gasteiger partial charge is 0.382 e. The molecule has 0 bridgehead atoms. The summed E-state index contributed by atoms with van der Waals surface area (Å²) in [5.74, 6) is 0. The van der Waals surface area contributed by atoms with Crippen LogP contribution in [0.2, 0.25) is 5.02 Å². The first-order valence-corrected chi connectivity index (χ1v) is 7.16. The van der Waals surface area contributed by atoms with Gasteiger partial charge in [0.25, 0.3) is 0 Å². The van der Waals surface area contributed by atoms with Crippen molar-refractivity contribution in [3.05, 3.63) is 49.8 Å². The Bertz CT molecular complexity index is 568. The molecular formula is C13H14ClIN2O. The quantitative estimate of drug-likeness (QED) is 0.832. The summed E-state index contributed by atoms with van der Waals surface area (Å²) in [4.78, 5) is 0. The number of rotatable bonds is 3. The zero-order chi connectivity index (χ0) is 13.3. The Hall–Kier alpha value is -0.590. The van der Waals surface area contributed by atoms with Crippen molar-refractivity contribution in [3.63, 3.8) is 0 Å². The van der Waals surface area contributed by atoms with Gasteiger partial charge >= 0.3 is 0 Å². The molecule has 1 unspecified atom stereocenters. The van der Waals surface area contributed by atoms with E-state index in [1.807, 2.05) is 32.0 Å². The lowest BCUT2D eigenvalue weighted by Gasteiger charge is -2.16. The third-order valence-electron chi connectivity index (χ3n) is 2.91. The van der Waals surface area contributed by atoms with Crippen LogP contribution in [0.5, 0.6) is 0 Å². The van der Waals surface area contributed by atoms with Gasteiger partial charge in [-0.25, -0.2) is 0 Å². The first kappa shape index (κ1) is 13.8. The minimum Gasteiger partial charge on any atom is -0.382 e.